The molecular weight excluding hydrogens is 387 g/mol. The Labute approximate surface area is 172 Å². The SMILES string of the molecule is O=C(Nc1cccc(F)c1)c1ccccc1SCC(=O)N1CCc2ccccc21. The van der Waals surface area contributed by atoms with Crippen LogP contribution >= 0.6 is 11.8 Å². The van der Waals surface area contributed by atoms with Gasteiger partial charge in [0.2, 0.25) is 5.91 Å². The van der Waals surface area contributed by atoms with Crippen molar-refractivity contribution in [2.75, 3.05) is 22.5 Å². The molecule has 1 aliphatic rings. The monoisotopic (exact) mass is 406 g/mol. The minimum Gasteiger partial charge on any atom is -0.322 e. The molecule has 0 aromatic heterocycles. The second-order valence-corrected chi connectivity index (χ2v) is 7.69. The molecule has 4 nitrogen and oxygen atoms in total. The van der Waals surface area contributed by atoms with Gasteiger partial charge in [0.15, 0.2) is 0 Å². The number of thioether (sulfide) groups is 1. The number of carbonyl (C=O) groups excluding carboxylic acids is 2. The van der Waals surface area contributed by atoms with E-state index < -0.39 is 5.82 Å². The van der Waals surface area contributed by atoms with Crippen LogP contribution < -0.4 is 10.2 Å². The molecule has 0 saturated carbocycles. The van der Waals surface area contributed by atoms with Crippen LogP contribution in [0.25, 0.3) is 0 Å². The molecule has 2 amide bonds. The number of halogens is 1. The number of nitrogens with one attached hydrogen (secondary N) is 1. The predicted octanol–water partition coefficient (Wildman–Crippen LogP) is 4.76. The molecule has 6 heteroatoms. The van der Waals surface area contributed by atoms with E-state index in [1.807, 2.05) is 36.4 Å². The summed E-state index contributed by atoms with van der Waals surface area (Å²) in [6, 6.07) is 20.8. The summed E-state index contributed by atoms with van der Waals surface area (Å²) >= 11 is 1.33. The summed E-state index contributed by atoms with van der Waals surface area (Å²) in [6.07, 6.45) is 0.860. The average Bonchev–Trinajstić information content (AvgIpc) is 3.16. The molecule has 0 radical (unpaired) electrons. The minimum atomic E-state index is -0.415. The largest absolute Gasteiger partial charge is 0.322 e. The first-order valence-corrected chi connectivity index (χ1v) is 10.3. The van der Waals surface area contributed by atoms with E-state index in [2.05, 4.69) is 5.32 Å². The second kappa shape index (κ2) is 8.49. The van der Waals surface area contributed by atoms with E-state index in [0.717, 1.165) is 12.1 Å². The third-order valence-corrected chi connectivity index (χ3v) is 5.81. The van der Waals surface area contributed by atoms with Crippen molar-refractivity contribution in [3.63, 3.8) is 0 Å². The van der Waals surface area contributed by atoms with Gasteiger partial charge in [0.05, 0.1) is 11.3 Å². The fourth-order valence-corrected chi connectivity index (χ4v) is 4.29. The maximum Gasteiger partial charge on any atom is 0.256 e. The Morgan fingerprint density at radius 1 is 1.00 bits per heavy atom. The zero-order chi connectivity index (χ0) is 20.2. The Kier molecular flexibility index (Phi) is 5.62. The van der Waals surface area contributed by atoms with Crippen molar-refractivity contribution < 1.29 is 14.0 Å². The van der Waals surface area contributed by atoms with Crippen molar-refractivity contribution in [3.8, 4) is 0 Å². The number of fused-ring (bicyclic) bond motifs is 1. The summed E-state index contributed by atoms with van der Waals surface area (Å²) < 4.78 is 13.4. The first-order chi connectivity index (χ1) is 14.1. The van der Waals surface area contributed by atoms with Crippen LogP contribution in [-0.2, 0) is 11.2 Å². The third-order valence-electron chi connectivity index (χ3n) is 4.75. The van der Waals surface area contributed by atoms with Gasteiger partial charge in [0.25, 0.3) is 5.91 Å². The van der Waals surface area contributed by atoms with Crippen LogP contribution in [0, 0.1) is 5.82 Å². The topological polar surface area (TPSA) is 49.4 Å². The summed E-state index contributed by atoms with van der Waals surface area (Å²) in [5.41, 5.74) is 2.99. The lowest BCUT2D eigenvalue weighted by molar-refractivity contribution is -0.116. The standard InChI is InChI=1S/C23H19FN2O2S/c24-17-7-5-8-18(14-17)25-23(28)19-9-2-4-11-21(19)29-15-22(27)26-13-12-16-6-1-3-10-20(16)26/h1-11,14H,12-13,15H2,(H,25,28). The molecule has 0 fully saturated rings. The second-order valence-electron chi connectivity index (χ2n) is 6.67. The minimum absolute atomic E-state index is 0.0142. The number of hydrogen-bond acceptors (Lipinski definition) is 3. The molecule has 0 saturated heterocycles. The zero-order valence-electron chi connectivity index (χ0n) is 15.6. The van der Waals surface area contributed by atoms with Gasteiger partial charge in [-0.05, 0) is 48.4 Å². The van der Waals surface area contributed by atoms with Crippen molar-refractivity contribution in [2.24, 2.45) is 0 Å². The summed E-state index contributed by atoms with van der Waals surface area (Å²) in [6.45, 7) is 0.681. The summed E-state index contributed by atoms with van der Waals surface area (Å²) in [5.74, 6) is -0.501. The molecule has 4 rings (SSSR count). The fourth-order valence-electron chi connectivity index (χ4n) is 3.36. The first kappa shape index (κ1) is 19.2. The predicted molar refractivity (Wildman–Crippen MR) is 114 cm³/mol. The molecule has 146 valence electrons. The lowest BCUT2D eigenvalue weighted by atomic mass is 10.2. The summed E-state index contributed by atoms with van der Waals surface area (Å²) in [4.78, 5) is 27.9. The fraction of sp³-hybridized carbons (Fsp3) is 0.130. The summed E-state index contributed by atoms with van der Waals surface area (Å²) in [5, 5.41) is 2.71. The van der Waals surface area contributed by atoms with Gasteiger partial charge < -0.3 is 10.2 Å². The number of hydrogen-bond donors (Lipinski definition) is 1. The summed E-state index contributed by atoms with van der Waals surface area (Å²) in [7, 11) is 0. The number of benzene rings is 3. The van der Waals surface area contributed by atoms with Crippen molar-refractivity contribution in [1.29, 1.82) is 0 Å². The highest BCUT2D eigenvalue weighted by molar-refractivity contribution is 8.00. The molecule has 3 aromatic carbocycles. The van der Waals surface area contributed by atoms with Crippen LogP contribution in [0.15, 0.2) is 77.7 Å². The van der Waals surface area contributed by atoms with Crippen molar-refractivity contribution >= 4 is 35.0 Å². The quantitative estimate of drug-likeness (QED) is 0.622. The van der Waals surface area contributed by atoms with Crippen molar-refractivity contribution in [3.05, 3.63) is 89.7 Å². The number of amides is 2. The highest BCUT2D eigenvalue weighted by Crippen LogP contribution is 2.30. The van der Waals surface area contributed by atoms with E-state index >= 15 is 0 Å². The molecule has 0 bridgehead atoms. The zero-order valence-corrected chi connectivity index (χ0v) is 16.4. The van der Waals surface area contributed by atoms with Crippen LogP contribution in [0.4, 0.5) is 15.8 Å². The molecule has 3 aromatic rings. The van der Waals surface area contributed by atoms with Crippen LogP contribution in [0.3, 0.4) is 0 Å². The highest BCUT2D eigenvalue weighted by Gasteiger charge is 2.24. The smallest absolute Gasteiger partial charge is 0.256 e. The van der Waals surface area contributed by atoms with Crippen LogP contribution in [-0.4, -0.2) is 24.1 Å². The van der Waals surface area contributed by atoms with Gasteiger partial charge in [-0.3, -0.25) is 9.59 Å². The lowest BCUT2D eigenvalue weighted by Gasteiger charge is -2.17. The van der Waals surface area contributed by atoms with Crippen LogP contribution in [0.1, 0.15) is 15.9 Å². The Morgan fingerprint density at radius 3 is 2.66 bits per heavy atom. The molecule has 0 atom stereocenters. The van der Waals surface area contributed by atoms with E-state index in [0.29, 0.717) is 22.7 Å². The van der Waals surface area contributed by atoms with Gasteiger partial charge in [-0.1, -0.05) is 36.4 Å². The Hall–Kier alpha value is -3.12. The third kappa shape index (κ3) is 4.32. The Morgan fingerprint density at radius 2 is 1.79 bits per heavy atom. The average molecular weight is 406 g/mol. The lowest BCUT2D eigenvalue weighted by Crippen LogP contribution is -2.30. The number of para-hydroxylation sites is 1. The Balaban J connectivity index is 1.45. The molecular formula is C23H19FN2O2S. The maximum atomic E-state index is 13.4. The molecule has 0 aliphatic carbocycles. The normalized spacial score (nSPS) is 12.5. The van der Waals surface area contributed by atoms with Gasteiger partial charge >= 0.3 is 0 Å². The van der Waals surface area contributed by atoms with Crippen LogP contribution in [0.5, 0.6) is 0 Å². The van der Waals surface area contributed by atoms with Gasteiger partial charge in [-0.15, -0.1) is 11.8 Å². The molecule has 0 unspecified atom stereocenters. The van der Waals surface area contributed by atoms with Gasteiger partial charge in [0.1, 0.15) is 5.82 Å². The van der Waals surface area contributed by atoms with Crippen molar-refractivity contribution in [1.82, 2.24) is 0 Å². The molecule has 0 spiro atoms. The van der Waals surface area contributed by atoms with E-state index in [-0.39, 0.29) is 17.6 Å². The van der Waals surface area contributed by atoms with Gasteiger partial charge in [-0.2, -0.15) is 0 Å². The maximum absolute atomic E-state index is 13.4. The van der Waals surface area contributed by atoms with Gasteiger partial charge in [0, 0.05) is 22.8 Å². The Bertz CT molecular complexity index is 1070. The van der Waals surface area contributed by atoms with E-state index in [4.69, 9.17) is 0 Å². The van der Waals surface area contributed by atoms with E-state index in [1.54, 1.807) is 23.1 Å². The van der Waals surface area contributed by atoms with E-state index in [9.17, 15) is 14.0 Å². The molecule has 1 N–H and O–H groups in total. The highest BCUT2D eigenvalue weighted by atomic mass is 32.2. The number of carbonyl (C=O) groups is 2. The molecule has 29 heavy (non-hydrogen) atoms. The van der Waals surface area contributed by atoms with Crippen molar-refractivity contribution in [2.45, 2.75) is 11.3 Å². The molecule has 1 aliphatic heterocycles. The molecule has 1 heterocycles. The number of nitrogens with zero attached hydrogens (tertiary/aromatic N) is 1. The van der Waals surface area contributed by atoms with Gasteiger partial charge in [-0.25, -0.2) is 4.39 Å². The van der Waals surface area contributed by atoms with Crippen LogP contribution in [0.2, 0.25) is 0 Å². The van der Waals surface area contributed by atoms with E-state index in [1.165, 1.54) is 35.5 Å². The number of anilines is 2. The number of rotatable bonds is 5. The first-order valence-electron chi connectivity index (χ1n) is 9.29.